The van der Waals surface area contributed by atoms with E-state index in [0.29, 0.717) is 0 Å². The number of hydrogen-bond donors (Lipinski definition) is 2. The van der Waals surface area contributed by atoms with Gasteiger partial charge in [-0.05, 0) is 18.3 Å². The van der Waals surface area contributed by atoms with E-state index in [2.05, 4.69) is 22.7 Å². The minimum atomic E-state index is -0.641. The van der Waals surface area contributed by atoms with E-state index in [1.807, 2.05) is 0 Å². The SMILES string of the molecule is NC(=S)N/N=C\c1ccc([N+](=O)[O-])o1. The molecular formula is C6H6N4O3S. The molecule has 8 heteroatoms. The Kier molecular flexibility index (Phi) is 3.13. The highest BCUT2D eigenvalue weighted by atomic mass is 32.1. The van der Waals surface area contributed by atoms with Crippen LogP contribution in [0.1, 0.15) is 5.76 Å². The summed E-state index contributed by atoms with van der Waals surface area (Å²) in [5.41, 5.74) is 7.36. The van der Waals surface area contributed by atoms with Crippen LogP contribution in [-0.2, 0) is 0 Å². The Morgan fingerprint density at radius 2 is 2.50 bits per heavy atom. The lowest BCUT2D eigenvalue weighted by atomic mass is 10.5. The summed E-state index contributed by atoms with van der Waals surface area (Å²) in [6, 6.07) is 2.63. The molecule has 0 fully saturated rings. The Labute approximate surface area is 83.7 Å². The van der Waals surface area contributed by atoms with Crippen LogP contribution in [0.2, 0.25) is 0 Å². The van der Waals surface area contributed by atoms with Gasteiger partial charge < -0.3 is 10.2 Å². The van der Waals surface area contributed by atoms with Crippen LogP contribution < -0.4 is 11.2 Å². The molecule has 0 atom stereocenters. The molecule has 1 rings (SSSR count). The lowest BCUT2D eigenvalue weighted by molar-refractivity contribution is -0.402. The molecule has 7 nitrogen and oxygen atoms in total. The van der Waals surface area contributed by atoms with Gasteiger partial charge in [-0.15, -0.1) is 0 Å². The number of nitrogens with zero attached hydrogens (tertiary/aromatic N) is 2. The number of hydrogen-bond acceptors (Lipinski definition) is 5. The van der Waals surface area contributed by atoms with Gasteiger partial charge >= 0.3 is 5.88 Å². The van der Waals surface area contributed by atoms with Crippen LogP contribution in [0.4, 0.5) is 5.88 Å². The van der Waals surface area contributed by atoms with E-state index in [0.717, 1.165) is 0 Å². The summed E-state index contributed by atoms with van der Waals surface area (Å²) in [5.74, 6) is -0.109. The lowest BCUT2D eigenvalue weighted by Crippen LogP contribution is -2.23. The predicted octanol–water partition coefficient (Wildman–Crippen LogP) is 0.355. The highest BCUT2D eigenvalue weighted by Gasteiger charge is 2.09. The summed E-state index contributed by atoms with van der Waals surface area (Å²) in [6.07, 6.45) is 1.23. The molecule has 0 saturated heterocycles. The van der Waals surface area contributed by atoms with Gasteiger partial charge in [0.1, 0.15) is 4.92 Å². The average Bonchev–Trinajstić information content (AvgIpc) is 2.52. The zero-order valence-corrected chi connectivity index (χ0v) is 7.65. The van der Waals surface area contributed by atoms with Gasteiger partial charge in [-0.25, -0.2) is 0 Å². The molecule has 14 heavy (non-hydrogen) atoms. The molecule has 0 aliphatic heterocycles. The second kappa shape index (κ2) is 4.33. The van der Waals surface area contributed by atoms with E-state index in [1.165, 1.54) is 18.3 Å². The van der Waals surface area contributed by atoms with Crippen LogP contribution in [-0.4, -0.2) is 16.3 Å². The molecule has 74 valence electrons. The van der Waals surface area contributed by atoms with E-state index in [9.17, 15) is 10.1 Å². The smallest absolute Gasteiger partial charge is 0.400 e. The van der Waals surface area contributed by atoms with Crippen molar-refractivity contribution in [3.05, 3.63) is 28.0 Å². The third-order valence-corrected chi connectivity index (χ3v) is 1.25. The molecular weight excluding hydrogens is 208 g/mol. The van der Waals surface area contributed by atoms with Crippen molar-refractivity contribution < 1.29 is 9.34 Å². The van der Waals surface area contributed by atoms with Gasteiger partial charge in [0.25, 0.3) is 0 Å². The van der Waals surface area contributed by atoms with E-state index >= 15 is 0 Å². The Morgan fingerprint density at radius 1 is 1.79 bits per heavy atom. The molecule has 0 amide bonds. The molecule has 1 aromatic rings. The van der Waals surface area contributed by atoms with Crippen LogP contribution in [0.3, 0.4) is 0 Å². The summed E-state index contributed by atoms with van der Waals surface area (Å²) < 4.78 is 4.75. The van der Waals surface area contributed by atoms with Crippen molar-refractivity contribution in [2.75, 3.05) is 0 Å². The molecule has 0 saturated carbocycles. The Bertz CT molecular complexity index is 386. The van der Waals surface area contributed by atoms with Crippen molar-refractivity contribution in [1.29, 1.82) is 0 Å². The fourth-order valence-corrected chi connectivity index (χ4v) is 0.722. The lowest BCUT2D eigenvalue weighted by Gasteiger charge is -1.90. The fraction of sp³-hybridized carbons (Fsp3) is 0. The van der Waals surface area contributed by atoms with Gasteiger partial charge in [-0.3, -0.25) is 15.5 Å². The maximum Gasteiger partial charge on any atom is 0.433 e. The van der Waals surface area contributed by atoms with E-state index < -0.39 is 4.92 Å². The van der Waals surface area contributed by atoms with Crippen molar-refractivity contribution in [2.45, 2.75) is 0 Å². The van der Waals surface area contributed by atoms with E-state index in [4.69, 9.17) is 10.2 Å². The highest BCUT2D eigenvalue weighted by molar-refractivity contribution is 7.80. The zero-order chi connectivity index (χ0) is 10.6. The van der Waals surface area contributed by atoms with Gasteiger partial charge in [0, 0.05) is 0 Å². The molecule has 1 aromatic heterocycles. The fourth-order valence-electron chi connectivity index (χ4n) is 0.669. The molecule has 0 unspecified atom stereocenters. The summed E-state index contributed by atoms with van der Waals surface area (Å²) >= 11 is 4.47. The third kappa shape index (κ3) is 2.83. The molecule has 0 aliphatic carbocycles. The van der Waals surface area contributed by atoms with E-state index in [1.54, 1.807) is 0 Å². The highest BCUT2D eigenvalue weighted by Crippen LogP contribution is 2.13. The Balaban J connectivity index is 2.64. The number of thiocarbonyl (C=S) groups is 1. The molecule has 3 N–H and O–H groups in total. The molecule has 1 heterocycles. The number of rotatable bonds is 3. The summed E-state index contributed by atoms with van der Waals surface area (Å²) in [7, 11) is 0. The minimum absolute atomic E-state index is 0.00214. The number of nitrogens with one attached hydrogen (secondary N) is 1. The van der Waals surface area contributed by atoms with E-state index in [-0.39, 0.29) is 16.8 Å². The second-order valence-corrected chi connectivity index (χ2v) is 2.61. The molecule has 0 radical (unpaired) electrons. The Morgan fingerprint density at radius 3 is 3.00 bits per heavy atom. The first-order valence-corrected chi connectivity index (χ1v) is 3.83. The van der Waals surface area contributed by atoms with Gasteiger partial charge in [0.15, 0.2) is 10.9 Å². The first kappa shape index (κ1) is 10.1. The molecule has 0 aliphatic rings. The van der Waals surface area contributed by atoms with Crippen molar-refractivity contribution in [2.24, 2.45) is 10.8 Å². The largest absolute Gasteiger partial charge is 0.433 e. The van der Waals surface area contributed by atoms with Crippen molar-refractivity contribution >= 4 is 29.4 Å². The second-order valence-electron chi connectivity index (χ2n) is 2.17. The standard InChI is InChI=1S/C6H6N4O3S/c7-6(14)9-8-3-4-1-2-5(13-4)10(11)12/h1-3H,(H3,7,9,14)/b8-3-. The van der Waals surface area contributed by atoms with Crippen LogP contribution in [0.5, 0.6) is 0 Å². The summed E-state index contributed by atoms with van der Waals surface area (Å²) in [5, 5.41) is 13.8. The topological polar surface area (TPSA) is 107 Å². The maximum atomic E-state index is 10.2. The average molecular weight is 214 g/mol. The van der Waals surface area contributed by atoms with Gasteiger partial charge in [0.05, 0.1) is 12.3 Å². The predicted molar refractivity (Wildman–Crippen MR) is 52.9 cm³/mol. The van der Waals surface area contributed by atoms with Crippen LogP contribution in [0, 0.1) is 10.1 Å². The van der Waals surface area contributed by atoms with Crippen molar-refractivity contribution in [1.82, 2.24) is 5.43 Å². The van der Waals surface area contributed by atoms with Crippen molar-refractivity contribution in [3.8, 4) is 0 Å². The van der Waals surface area contributed by atoms with Gasteiger partial charge in [-0.1, -0.05) is 0 Å². The quantitative estimate of drug-likeness (QED) is 0.325. The number of furan rings is 1. The normalized spacial score (nSPS) is 10.3. The molecule has 0 bridgehead atoms. The maximum absolute atomic E-state index is 10.2. The van der Waals surface area contributed by atoms with Gasteiger partial charge in [0.2, 0.25) is 0 Å². The monoisotopic (exact) mass is 214 g/mol. The van der Waals surface area contributed by atoms with Crippen LogP contribution in [0.15, 0.2) is 21.7 Å². The minimum Gasteiger partial charge on any atom is -0.400 e. The van der Waals surface area contributed by atoms with Crippen molar-refractivity contribution in [3.63, 3.8) is 0 Å². The molecule has 0 spiro atoms. The number of hydrazone groups is 1. The van der Waals surface area contributed by atoms with Gasteiger partial charge in [-0.2, -0.15) is 5.10 Å². The zero-order valence-electron chi connectivity index (χ0n) is 6.84. The number of nitro groups is 1. The first-order valence-electron chi connectivity index (χ1n) is 3.42. The first-order chi connectivity index (χ1) is 6.59. The summed E-state index contributed by atoms with van der Waals surface area (Å²) in [6.45, 7) is 0. The van der Waals surface area contributed by atoms with Crippen LogP contribution >= 0.6 is 12.2 Å². The van der Waals surface area contributed by atoms with Crippen LogP contribution in [0.25, 0.3) is 0 Å². The number of nitrogens with two attached hydrogens (primary N) is 1. The Hall–Kier alpha value is -1.96. The molecule has 0 aromatic carbocycles. The summed E-state index contributed by atoms with van der Waals surface area (Å²) in [4.78, 5) is 9.57. The third-order valence-electron chi connectivity index (χ3n) is 1.16.